The van der Waals surface area contributed by atoms with E-state index in [4.69, 9.17) is 0 Å². The van der Waals surface area contributed by atoms with E-state index in [1.165, 1.54) is 6.07 Å². The third-order valence-electron chi connectivity index (χ3n) is 5.44. The van der Waals surface area contributed by atoms with Crippen LogP contribution in [0.5, 0.6) is 0 Å². The van der Waals surface area contributed by atoms with E-state index < -0.39 is 23.2 Å². The Hall–Kier alpha value is -2.18. The maximum Gasteiger partial charge on any atom is 0.322 e. The number of halogens is 2. The fourth-order valence-corrected chi connectivity index (χ4v) is 4.09. The Balaban J connectivity index is 1.51. The van der Waals surface area contributed by atoms with Gasteiger partial charge in [0, 0.05) is 31.4 Å². The normalized spacial score (nSPS) is 28.0. The highest BCUT2D eigenvalue weighted by Gasteiger charge is 2.69. The molecule has 2 saturated heterocycles. The smallest absolute Gasteiger partial charge is 0.322 e. The monoisotopic (exact) mass is 335 g/mol. The molecule has 7 heteroatoms. The number of rotatable bonds is 2. The largest absolute Gasteiger partial charge is 0.341 e. The maximum atomic E-state index is 13.3. The van der Waals surface area contributed by atoms with Crippen molar-refractivity contribution >= 4 is 17.6 Å². The molecular formula is C17H19F2N3O2. The molecule has 2 heterocycles. The Labute approximate surface area is 138 Å². The average Bonchev–Trinajstić information content (AvgIpc) is 2.95. The molecule has 1 saturated carbocycles. The van der Waals surface area contributed by atoms with Crippen molar-refractivity contribution in [2.24, 2.45) is 5.92 Å². The number of nitrogens with one attached hydrogen (secondary N) is 1. The zero-order valence-corrected chi connectivity index (χ0v) is 13.2. The Morgan fingerprint density at radius 2 is 1.88 bits per heavy atom. The number of urea groups is 1. The summed E-state index contributed by atoms with van der Waals surface area (Å²) in [6.07, 6.45) is 3.53. The summed E-state index contributed by atoms with van der Waals surface area (Å²) in [7, 11) is 0. The Morgan fingerprint density at radius 3 is 2.54 bits per heavy atom. The quantitative estimate of drug-likeness (QED) is 0.903. The first-order chi connectivity index (χ1) is 11.5. The van der Waals surface area contributed by atoms with Crippen LogP contribution in [0.3, 0.4) is 0 Å². The molecule has 0 radical (unpaired) electrons. The summed E-state index contributed by atoms with van der Waals surface area (Å²) in [6.45, 7) is 2.03. The van der Waals surface area contributed by atoms with Crippen LogP contribution in [0, 0.1) is 17.6 Å². The van der Waals surface area contributed by atoms with Crippen LogP contribution >= 0.6 is 0 Å². The number of hydrogen-bond acceptors (Lipinski definition) is 2. The topological polar surface area (TPSA) is 52.7 Å². The Bertz CT molecular complexity index is 705. The lowest BCUT2D eigenvalue weighted by Gasteiger charge is -2.31. The zero-order valence-electron chi connectivity index (χ0n) is 13.2. The first-order valence-electron chi connectivity index (χ1n) is 8.35. The van der Waals surface area contributed by atoms with E-state index in [-0.39, 0.29) is 17.5 Å². The molecule has 24 heavy (non-hydrogen) atoms. The van der Waals surface area contributed by atoms with E-state index in [9.17, 15) is 18.4 Å². The molecule has 0 aromatic heterocycles. The predicted octanol–water partition coefficient (Wildman–Crippen LogP) is 2.58. The fourth-order valence-electron chi connectivity index (χ4n) is 4.09. The number of benzene rings is 1. The van der Waals surface area contributed by atoms with Gasteiger partial charge in [0.2, 0.25) is 5.91 Å². The van der Waals surface area contributed by atoms with Gasteiger partial charge < -0.3 is 15.1 Å². The van der Waals surface area contributed by atoms with Crippen molar-refractivity contribution in [2.75, 3.05) is 25.0 Å². The lowest BCUT2D eigenvalue weighted by atomic mass is 10.2. The van der Waals surface area contributed by atoms with Gasteiger partial charge in [0.15, 0.2) is 11.6 Å². The SMILES string of the molecule is O=C(Nc1ccc(F)c(F)c1)N1CCC2CC21C(=O)N1CCCC1. The standard InChI is InChI=1S/C17H19F2N3O2/c18-13-4-3-12(9-14(13)19)20-16(24)22-8-5-11-10-17(11,22)15(23)21-6-1-2-7-21/h3-4,9,11H,1-2,5-8,10H2,(H,20,24). The fraction of sp³-hybridized carbons (Fsp3) is 0.529. The van der Waals surface area contributed by atoms with E-state index >= 15 is 0 Å². The van der Waals surface area contributed by atoms with Crippen LogP contribution < -0.4 is 5.32 Å². The summed E-state index contributed by atoms with van der Waals surface area (Å²) in [4.78, 5) is 28.9. The molecule has 4 rings (SSSR count). The van der Waals surface area contributed by atoms with Crippen LogP contribution in [0.15, 0.2) is 18.2 Å². The van der Waals surface area contributed by atoms with Crippen molar-refractivity contribution in [1.29, 1.82) is 0 Å². The Kier molecular flexibility index (Phi) is 3.47. The predicted molar refractivity (Wildman–Crippen MR) is 83.4 cm³/mol. The summed E-state index contributed by atoms with van der Waals surface area (Å²) in [5.41, 5.74) is -0.528. The van der Waals surface area contributed by atoms with E-state index in [2.05, 4.69) is 5.32 Å². The molecule has 2 unspecified atom stereocenters. The highest BCUT2D eigenvalue weighted by atomic mass is 19.2. The van der Waals surface area contributed by atoms with Gasteiger partial charge >= 0.3 is 6.03 Å². The number of hydrogen-bond donors (Lipinski definition) is 1. The number of fused-ring (bicyclic) bond motifs is 1. The summed E-state index contributed by atoms with van der Waals surface area (Å²) < 4.78 is 26.3. The van der Waals surface area contributed by atoms with Crippen molar-refractivity contribution < 1.29 is 18.4 Å². The molecule has 2 atom stereocenters. The van der Waals surface area contributed by atoms with E-state index in [1.54, 1.807) is 4.90 Å². The molecule has 2 aliphatic heterocycles. The van der Waals surface area contributed by atoms with Crippen LogP contribution in [0.25, 0.3) is 0 Å². The summed E-state index contributed by atoms with van der Waals surface area (Å²) in [6, 6.07) is 2.81. The van der Waals surface area contributed by atoms with E-state index in [0.717, 1.165) is 44.5 Å². The second kappa shape index (κ2) is 5.43. The van der Waals surface area contributed by atoms with Gasteiger partial charge in [-0.1, -0.05) is 0 Å². The second-order valence-electron chi connectivity index (χ2n) is 6.82. The van der Waals surface area contributed by atoms with Crippen LogP contribution in [0.2, 0.25) is 0 Å². The molecule has 0 bridgehead atoms. The van der Waals surface area contributed by atoms with Crippen LogP contribution in [0.1, 0.15) is 25.7 Å². The highest BCUT2D eigenvalue weighted by Crippen LogP contribution is 2.57. The highest BCUT2D eigenvalue weighted by molar-refractivity contribution is 5.99. The van der Waals surface area contributed by atoms with Gasteiger partial charge in [-0.05, 0) is 43.7 Å². The molecule has 1 aromatic rings. The van der Waals surface area contributed by atoms with E-state index in [0.29, 0.717) is 13.0 Å². The van der Waals surface area contributed by atoms with Crippen molar-refractivity contribution in [1.82, 2.24) is 9.80 Å². The van der Waals surface area contributed by atoms with Gasteiger partial charge in [-0.25, -0.2) is 13.6 Å². The number of piperidine rings is 1. The number of likely N-dealkylation sites (tertiary alicyclic amines) is 2. The molecule has 3 amide bonds. The second-order valence-corrected chi connectivity index (χ2v) is 6.82. The molecule has 1 aromatic carbocycles. The van der Waals surface area contributed by atoms with Crippen molar-refractivity contribution in [3.05, 3.63) is 29.8 Å². The molecule has 3 aliphatic rings. The summed E-state index contributed by atoms with van der Waals surface area (Å²) in [5, 5.41) is 2.59. The number of anilines is 1. The third kappa shape index (κ3) is 2.25. The molecule has 128 valence electrons. The van der Waals surface area contributed by atoms with Crippen molar-refractivity contribution in [3.8, 4) is 0 Å². The average molecular weight is 335 g/mol. The summed E-state index contributed by atoms with van der Waals surface area (Å²) in [5.74, 6) is -1.71. The summed E-state index contributed by atoms with van der Waals surface area (Å²) >= 11 is 0. The lowest BCUT2D eigenvalue weighted by molar-refractivity contribution is -0.136. The van der Waals surface area contributed by atoms with Crippen LogP contribution in [-0.4, -0.2) is 46.9 Å². The molecule has 5 nitrogen and oxygen atoms in total. The van der Waals surface area contributed by atoms with E-state index in [1.807, 2.05) is 4.90 Å². The minimum atomic E-state index is -1.01. The van der Waals surface area contributed by atoms with Crippen LogP contribution in [0.4, 0.5) is 19.3 Å². The molecule has 1 aliphatic carbocycles. The number of carbonyl (C=O) groups is 2. The maximum absolute atomic E-state index is 13.3. The molecular weight excluding hydrogens is 316 g/mol. The third-order valence-corrected chi connectivity index (χ3v) is 5.44. The van der Waals surface area contributed by atoms with Crippen molar-refractivity contribution in [3.63, 3.8) is 0 Å². The molecule has 3 fully saturated rings. The van der Waals surface area contributed by atoms with Gasteiger partial charge in [-0.15, -0.1) is 0 Å². The number of carbonyl (C=O) groups excluding carboxylic acids is 2. The van der Waals surface area contributed by atoms with Gasteiger partial charge in [0.1, 0.15) is 5.54 Å². The minimum Gasteiger partial charge on any atom is -0.341 e. The van der Waals surface area contributed by atoms with Gasteiger partial charge in [0.05, 0.1) is 0 Å². The van der Waals surface area contributed by atoms with Crippen molar-refractivity contribution in [2.45, 2.75) is 31.2 Å². The molecule has 0 spiro atoms. The first-order valence-corrected chi connectivity index (χ1v) is 8.35. The lowest BCUT2D eigenvalue weighted by Crippen LogP contribution is -2.52. The first kappa shape index (κ1) is 15.4. The van der Waals surface area contributed by atoms with Gasteiger partial charge in [-0.2, -0.15) is 0 Å². The van der Waals surface area contributed by atoms with Gasteiger partial charge in [0.25, 0.3) is 0 Å². The number of amides is 3. The molecule has 1 N–H and O–H groups in total. The zero-order chi connectivity index (χ0) is 16.9. The Morgan fingerprint density at radius 1 is 1.12 bits per heavy atom. The van der Waals surface area contributed by atoms with Gasteiger partial charge in [-0.3, -0.25) is 4.79 Å². The number of nitrogens with zero attached hydrogens (tertiary/aromatic N) is 2. The minimum absolute atomic E-state index is 0.0444. The van der Waals surface area contributed by atoms with Crippen LogP contribution in [-0.2, 0) is 4.79 Å².